The first-order valence-corrected chi connectivity index (χ1v) is 6.40. The molecule has 15 heavy (non-hydrogen) atoms. The molecule has 0 spiro atoms. The maximum absolute atomic E-state index is 2.59. The van der Waals surface area contributed by atoms with Crippen LogP contribution in [0.5, 0.6) is 0 Å². The van der Waals surface area contributed by atoms with E-state index in [0.29, 0.717) is 6.04 Å². The fraction of sp³-hybridized carbons (Fsp3) is 0.714. The molecule has 0 atom stereocenters. The van der Waals surface area contributed by atoms with Crippen LogP contribution in [0.2, 0.25) is 0 Å². The van der Waals surface area contributed by atoms with Gasteiger partial charge in [-0.05, 0) is 57.1 Å². The maximum Gasteiger partial charge on any atom is 0.0236 e. The van der Waals surface area contributed by atoms with E-state index < -0.39 is 0 Å². The molecule has 0 aromatic rings. The zero-order valence-electron chi connectivity index (χ0n) is 10.1. The van der Waals surface area contributed by atoms with E-state index in [4.69, 9.17) is 0 Å². The van der Waals surface area contributed by atoms with E-state index in [-0.39, 0.29) is 0 Å². The number of allylic oxidation sites excluding steroid dienone is 1. The van der Waals surface area contributed by atoms with Crippen molar-refractivity contribution in [3.63, 3.8) is 0 Å². The van der Waals surface area contributed by atoms with Crippen LogP contribution in [0.3, 0.4) is 0 Å². The minimum atomic E-state index is 0.692. The third-order valence-corrected chi connectivity index (χ3v) is 3.61. The van der Waals surface area contributed by atoms with Gasteiger partial charge in [0.15, 0.2) is 0 Å². The van der Waals surface area contributed by atoms with Crippen molar-refractivity contribution in [1.82, 2.24) is 4.90 Å². The zero-order valence-corrected chi connectivity index (χ0v) is 10.1. The van der Waals surface area contributed by atoms with E-state index in [0.717, 1.165) is 0 Å². The highest BCUT2D eigenvalue weighted by atomic mass is 15.1. The Kier molecular flexibility index (Phi) is 3.63. The Labute approximate surface area is 93.9 Å². The zero-order chi connectivity index (χ0) is 10.7. The number of hydrogen-bond donors (Lipinski definition) is 0. The first-order valence-electron chi connectivity index (χ1n) is 6.40. The van der Waals surface area contributed by atoms with Crippen LogP contribution in [-0.4, -0.2) is 24.0 Å². The predicted octanol–water partition coefficient (Wildman–Crippen LogP) is 3.53. The van der Waals surface area contributed by atoms with Crippen LogP contribution in [0.25, 0.3) is 0 Å². The molecule has 0 radical (unpaired) electrons. The van der Waals surface area contributed by atoms with Gasteiger partial charge < -0.3 is 0 Å². The molecule has 0 amide bonds. The molecule has 84 valence electrons. The number of hydrogen-bond acceptors (Lipinski definition) is 1. The first kappa shape index (κ1) is 10.9. The van der Waals surface area contributed by atoms with Crippen LogP contribution in [0.1, 0.15) is 46.0 Å². The van der Waals surface area contributed by atoms with Crippen LogP contribution in [0, 0.1) is 0 Å². The van der Waals surface area contributed by atoms with Gasteiger partial charge in [0.05, 0.1) is 0 Å². The highest BCUT2D eigenvalue weighted by Crippen LogP contribution is 2.27. The van der Waals surface area contributed by atoms with Gasteiger partial charge in [-0.2, -0.15) is 0 Å². The van der Waals surface area contributed by atoms with Gasteiger partial charge in [-0.25, -0.2) is 0 Å². The van der Waals surface area contributed by atoms with E-state index in [2.05, 4.69) is 30.9 Å². The summed E-state index contributed by atoms with van der Waals surface area (Å²) in [7, 11) is 0. The molecule has 0 saturated carbocycles. The summed E-state index contributed by atoms with van der Waals surface area (Å²) in [4.78, 5) is 2.59. The summed E-state index contributed by atoms with van der Waals surface area (Å²) in [6.45, 7) is 7.04. The van der Waals surface area contributed by atoms with E-state index >= 15 is 0 Å². The van der Waals surface area contributed by atoms with E-state index in [1.807, 2.05) is 0 Å². The van der Waals surface area contributed by atoms with Gasteiger partial charge in [-0.1, -0.05) is 12.2 Å². The van der Waals surface area contributed by atoms with Crippen molar-refractivity contribution in [3.8, 4) is 0 Å². The highest BCUT2D eigenvalue weighted by Gasteiger charge is 2.18. The summed E-state index contributed by atoms with van der Waals surface area (Å²) < 4.78 is 0. The number of nitrogens with zero attached hydrogens (tertiary/aromatic N) is 1. The molecule has 1 nitrogen and oxygen atoms in total. The standard InChI is InChI=1S/C14H23N/c1-12(2)15-10-6-9-14(11-15)13-7-4-3-5-8-13/h7,9,12H,3-6,8,10-11H2,1-2H3. The molecule has 0 aromatic heterocycles. The summed E-state index contributed by atoms with van der Waals surface area (Å²) in [5, 5.41) is 0. The lowest BCUT2D eigenvalue weighted by Gasteiger charge is -2.32. The van der Waals surface area contributed by atoms with Crippen molar-refractivity contribution < 1.29 is 0 Å². The summed E-state index contributed by atoms with van der Waals surface area (Å²) in [5.74, 6) is 0. The minimum Gasteiger partial charge on any atom is -0.296 e. The molecule has 1 heteroatoms. The quantitative estimate of drug-likeness (QED) is 0.666. The highest BCUT2D eigenvalue weighted by molar-refractivity contribution is 5.34. The first-order chi connectivity index (χ1) is 7.27. The molecule has 0 bridgehead atoms. The molecular weight excluding hydrogens is 182 g/mol. The molecular formula is C14H23N. The normalized spacial score (nSPS) is 23.9. The molecule has 2 aliphatic rings. The SMILES string of the molecule is CC(C)N1CCC=C(C2=CCCCC2)C1. The van der Waals surface area contributed by atoms with Crippen LogP contribution in [0.15, 0.2) is 23.3 Å². The van der Waals surface area contributed by atoms with Gasteiger partial charge in [0, 0.05) is 19.1 Å². The Morgan fingerprint density at radius 1 is 1.07 bits per heavy atom. The van der Waals surface area contributed by atoms with Gasteiger partial charge in [-0.3, -0.25) is 4.90 Å². The Morgan fingerprint density at radius 3 is 2.53 bits per heavy atom. The molecule has 1 aliphatic carbocycles. The second-order valence-electron chi connectivity index (χ2n) is 5.06. The molecule has 0 aromatic carbocycles. The average molecular weight is 205 g/mol. The van der Waals surface area contributed by atoms with Crippen molar-refractivity contribution in [1.29, 1.82) is 0 Å². The summed E-state index contributed by atoms with van der Waals surface area (Å²) >= 11 is 0. The Balaban J connectivity index is 2.03. The van der Waals surface area contributed by atoms with Crippen molar-refractivity contribution in [3.05, 3.63) is 23.3 Å². The third-order valence-electron chi connectivity index (χ3n) is 3.61. The molecule has 1 heterocycles. The van der Waals surface area contributed by atoms with Crippen LogP contribution < -0.4 is 0 Å². The predicted molar refractivity (Wildman–Crippen MR) is 66.0 cm³/mol. The van der Waals surface area contributed by atoms with Crippen molar-refractivity contribution >= 4 is 0 Å². The number of rotatable bonds is 2. The summed E-state index contributed by atoms with van der Waals surface area (Å²) in [6.07, 6.45) is 11.6. The second kappa shape index (κ2) is 4.98. The fourth-order valence-corrected chi connectivity index (χ4v) is 2.57. The van der Waals surface area contributed by atoms with Gasteiger partial charge in [0.25, 0.3) is 0 Å². The molecule has 0 fully saturated rings. The largest absolute Gasteiger partial charge is 0.296 e. The summed E-state index contributed by atoms with van der Waals surface area (Å²) in [5.41, 5.74) is 3.27. The molecule has 0 N–H and O–H groups in total. The van der Waals surface area contributed by atoms with Gasteiger partial charge in [-0.15, -0.1) is 0 Å². The van der Waals surface area contributed by atoms with Gasteiger partial charge >= 0.3 is 0 Å². The Hall–Kier alpha value is -0.560. The lowest BCUT2D eigenvalue weighted by atomic mass is 9.91. The van der Waals surface area contributed by atoms with Crippen LogP contribution >= 0.6 is 0 Å². The topological polar surface area (TPSA) is 3.24 Å². The fourth-order valence-electron chi connectivity index (χ4n) is 2.57. The third kappa shape index (κ3) is 2.72. The molecule has 0 saturated heterocycles. The van der Waals surface area contributed by atoms with Gasteiger partial charge in [0.2, 0.25) is 0 Å². The van der Waals surface area contributed by atoms with E-state index in [9.17, 15) is 0 Å². The lowest BCUT2D eigenvalue weighted by molar-refractivity contribution is 0.236. The van der Waals surface area contributed by atoms with Gasteiger partial charge in [0.1, 0.15) is 0 Å². The second-order valence-corrected chi connectivity index (χ2v) is 5.06. The average Bonchev–Trinajstić information content (AvgIpc) is 2.30. The van der Waals surface area contributed by atoms with E-state index in [1.165, 1.54) is 45.2 Å². The lowest BCUT2D eigenvalue weighted by Crippen LogP contribution is -2.36. The van der Waals surface area contributed by atoms with Crippen LogP contribution in [-0.2, 0) is 0 Å². The van der Waals surface area contributed by atoms with Crippen molar-refractivity contribution in [2.75, 3.05) is 13.1 Å². The monoisotopic (exact) mass is 205 g/mol. The van der Waals surface area contributed by atoms with Crippen molar-refractivity contribution in [2.24, 2.45) is 0 Å². The van der Waals surface area contributed by atoms with Crippen LogP contribution in [0.4, 0.5) is 0 Å². The Bertz CT molecular complexity index is 273. The molecule has 1 aliphatic heterocycles. The van der Waals surface area contributed by atoms with E-state index in [1.54, 1.807) is 11.1 Å². The molecule has 2 rings (SSSR count). The summed E-state index contributed by atoms with van der Waals surface area (Å²) in [6, 6.07) is 0.692. The molecule has 0 unspecified atom stereocenters. The minimum absolute atomic E-state index is 0.692. The smallest absolute Gasteiger partial charge is 0.0236 e. The Morgan fingerprint density at radius 2 is 1.87 bits per heavy atom. The van der Waals surface area contributed by atoms with Crippen molar-refractivity contribution in [2.45, 2.75) is 52.0 Å². The maximum atomic E-state index is 2.59.